The summed E-state index contributed by atoms with van der Waals surface area (Å²) < 4.78 is 11.4. The fraction of sp³-hybridized carbons (Fsp3) is 0.714. The van der Waals surface area contributed by atoms with Crippen LogP contribution in [0.1, 0.15) is 77.6 Å². The molecule has 4 N–H and O–H groups in total. The highest BCUT2D eigenvalue weighted by atomic mass is 35.5. The molecule has 2 heterocycles. The number of nitrogens with zero attached hydrogens (tertiary/aromatic N) is 6. The van der Waals surface area contributed by atoms with Gasteiger partial charge in [-0.25, -0.2) is 0 Å². The van der Waals surface area contributed by atoms with Crippen molar-refractivity contribution in [3.05, 3.63) is 10.6 Å². The molecule has 0 aliphatic heterocycles. The van der Waals surface area contributed by atoms with Gasteiger partial charge in [0.05, 0.1) is 13.2 Å². The van der Waals surface area contributed by atoms with E-state index in [4.69, 9.17) is 44.1 Å². The van der Waals surface area contributed by atoms with Crippen LogP contribution in [0.5, 0.6) is 12.0 Å². The second-order valence-corrected chi connectivity index (χ2v) is 8.63. The van der Waals surface area contributed by atoms with Gasteiger partial charge in [0.25, 0.3) is 0 Å². The first kappa shape index (κ1) is 27.0. The fourth-order valence-corrected chi connectivity index (χ4v) is 3.66. The van der Waals surface area contributed by atoms with Crippen LogP contribution in [0.4, 0.5) is 11.9 Å². The Kier molecular flexibility index (Phi) is 12.8. The van der Waals surface area contributed by atoms with E-state index in [0.29, 0.717) is 13.2 Å². The maximum atomic E-state index is 5.82. The minimum absolute atomic E-state index is 0.00259. The summed E-state index contributed by atoms with van der Waals surface area (Å²) in [6.07, 6.45) is 13.6. The van der Waals surface area contributed by atoms with Crippen molar-refractivity contribution in [3.63, 3.8) is 0 Å². The minimum Gasteiger partial charge on any atom is -0.463 e. The molecule has 0 unspecified atom stereocenters. The lowest BCUT2D eigenvalue weighted by Gasteiger charge is -2.17. The zero-order valence-corrected chi connectivity index (χ0v) is 20.7. The molecule has 2 aromatic heterocycles. The van der Waals surface area contributed by atoms with Crippen molar-refractivity contribution in [1.29, 1.82) is 0 Å². The van der Waals surface area contributed by atoms with E-state index >= 15 is 0 Å². The molecule has 0 aromatic carbocycles. The Balaban J connectivity index is 1.78. The van der Waals surface area contributed by atoms with Crippen molar-refractivity contribution in [3.8, 4) is 12.0 Å². The van der Waals surface area contributed by atoms with Gasteiger partial charge in [-0.3, -0.25) is 0 Å². The van der Waals surface area contributed by atoms with Gasteiger partial charge < -0.3 is 20.9 Å². The summed E-state index contributed by atoms with van der Waals surface area (Å²) in [5.41, 5.74) is 11.2. The van der Waals surface area contributed by atoms with Crippen LogP contribution < -0.4 is 20.9 Å². The molecule has 10 nitrogen and oxygen atoms in total. The largest absolute Gasteiger partial charge is 0.463 e. The molecule has 0 atom stereocenters. The van der Waals surface area contributed by atoms with Crippen molar-refractivity contribution in [1.82, 2.24) is 29.9 Å². The lowest BCUT2D eigenvalue weighted by atomic mass is 10.0. The highest BCUT2D eigenvalue weighted by Gasteiger charge is 2.15. The van der Waals surface area contributed by atoms with Crippen LogP contribution in [0, 0.1) is 5.92 Å². The molecule has 0 bridgehead atoms. The standard InChI is InChI=1S/C21H34Cl2N8O2/c1-2-3-4-5-6-7-8-9-10-11-12-15(13-32-20-28-16(22)26-18(24)30-20)14-33-21-29-17(23)27-19(25)31-21/h15H,2-14H2,1H3,(H2,24,26,28,30)(H2,25,27,29,31). The average molecular weight is 501 g/mol. The predicted molar refractivity (Wildman–Crippen MR) is 129 cm³/mol. The molecule has 0 aliphatic carbocycles. The van der Waals surface area contributed by atoms with Crippen molar-refractivity contribution >= 4 is 35.1 Å². The van der Waals surface area contributed by atoms with E-state index in [1.54, 1.807) is 0 Å². The molecular weight excluding hydrogens is 467 g/mol. The van der Waals surface area contributed by atoms with Crippen LogP contribution in [0.3, 0.4) is 0 Å². The zero-order valence-electron chi connectivity index (χ0n) is 19.2. The number of nitrogen functional groups attached to an aromatic ring is 2. The molecule has 2 rings (SSSR count). The van der Waals surface area contributed by atoms with Crippen LogP contribution in [0.25, 0.3) is 0 Å². The number of ether oxygens (including phenoxy) is 2. The van der Waals surface area contributed by atoms with E-state index < -0.39 is 0 Å². The molecule has 0 fully saturated rings. The Morgan fingerprint density at radius 3 is 1.48 bits per heavy atom. The first-order valence-corrected chi connectivity index (χ1v) is 12.3. The van der Waals surface area contributed by atoms with Gasteiger partial charge in [-0.05, 0) is 29.6 Å². The van der Waals surface area contributed by atoms with Crippen LogP contribution in [0.2, 0.25) is 10.6 Å². The lowest BCUT2D eigenvalue weighted by Crippen LogP contribution is -2.21. The number of halogens is 2. The van der Waals surface area contributed by atoms with Gasteiger partial charge in [-0.2, -0.15) is 29.9 Å². The Morgan fingerprint density at radius 2 is 1.06 bits per heavy atom. The van der Waals surface area contributed by atoms with Gasteiger partial charge in [-0.1, -0.05) is 71.1 Å². The summed E-state index contributed by atoms with van der Waals surface area (Å²) in [6, 6.07) is 0.154. The summed E-state index contributed by atoms with van der Waals surface area (Å²) in [4.78, 5) is 23.2. The quantitative estimate of drug-likeness (QED) is 0.286. The number of hydrogen-bond donors (Lipinski definition) is 2. The van der Waals surface area contributed by atoms with Crippen LogP contribution in [-0.4, -0.2) is 43.1 Å². The molecular formula is C21H34Cl2N8O2. The number of nitrogens with two attached hydrogens (primary N) is 2. The van der Waals surface area contributed by atoms with E-state index in [2.05, 4.69) is 36.8 Å². The van der Waals surface area contributed by atoms with Gasteiger partial charge >= 0.3 is 12.0 Å². The molecule has 0 saturated carbocycles. The molecule has 12 heteroatoms. The highest BCUT2D eigenvalue weighted by Crippen LogP contribution is 2.18. The summed E-state index contributed by atoms with van der Waals surface area (Å²) in [5.74, 6) is 0.0400. The van der Waals surface area contributed by atoms with Crippen molar-refractivity contribution < 1.29 is 9.47 Å². The second kappa shape index (κ2) is 15.6. The fourth-order valence-electron chi connectivity index (χ4n) is 3.34. The normalized spacial score (nSPS) is 11.2. The molecule has 0 radical (unpaired) electrons. The molecule has 2 aromatic rings. The average Bonchev–Trinajstić information content (AvgIpc) is 2.75. The second-order valence-electron chi connectivity index (χ2n) is 7.95. The number of anilines is 2. The van der Waals surface area contributed by atoms with Gasteiger partial charge in [0, 0.05) is 5.92 Å². The summed E-state index contributed by atoms with van der Waals surface area (Å²) in [6.45, 7) is 2.86. The van der Waals surface area contributed by atoms with Crippen LogP contribution in [0.15, 0.2) is 0 Å². The van der Waals surface area contributed by atoms with Gasteiger partial charge in [0.2, 0.25) is 22.5 Å². The van der Waals surface area contributed by atoms with E-state index in [1.807, 2.05) is 0 Å². The van der Waals surface area contributed by atoms with E-state index in [0.717, 1.165) is 19.3 Å². The Hall–Kier alpha value is -2.20. The first-order valence-electron chi connectivity index (χ1n) is 11.6. The number of unbranched alkanes of at least 4 members (excludes halogenated alkanes) is 9. The number of aromatic nitrogens is 6. The topological polar surface area (TPSA) is 148 Å². The van der Waals surface area contributed by atoms with Gasteiger partial charge in [0.1, 0.15) is 0 Å². The Bertz CT molecular complexity index is 735. The van der Waals surface area contributed by atoms with Gasteiger partial charge in [0.15, 0.2) is 0 Å². The third-order valence-corrected chi connectivity index (χ3v) is 5.41. The maximum Gasteiger partial charge on any atom is 0.322 e. The summed E-state index contributed by atoms with van der Waals surface area (Å²) in [7, 11) is 0. The molecule has 0 spiro atoms. The first-order chi connectivity index (χ1) is 16.0. The monoisotopic (exact) mass is 500 g/mol. The van der Waals surface area contributed by atoms with E-state index in [9.17, 15) is 0 Å². The Labute approximate surface area is 205 Å². The molecule has 33 heavy (non-hydrogen) atoms. The molecule has 0 saturated heterocycles. The van der Waals surface area contributed by atoms with Crippen molar-refractivity contribution in [2.75, 3.05) is 24.7 Å². The van der Waals surface area contributed by atoms with E-state index in [1.165, 1.54) is 51.4 Å². The molecule has 184 valence electrons. The molecule has 0 aliphatic rings. The third-order valence-electron chi connectivity index (χ3n) is 5.07. The maximum absolute atomic E-state index is 5.82. The zero-order chi connectivity index (χ0) is 23.9. The number of rotatable bonds is 17. The smallest absolute Gasteiger partial charge is 0.322 e. The van der Waals surface area contributed by atoms with Crippen molar-refractivity contribution in [2.24, 2.45) is 5.92 Å². The Morgan fingerprint density at radius 1 is 0.636 bits per heavy atom. The van der Waals surface area contributed by atoms with Crippen LogP contribution in [-0.2, 0) is 0 Å². The molecule has 0 amide bonds. The van der Waals surface area contributed by atoms with Gasteiger partial charge in [-0.15, -0.1) is 0 Å². The van der Waals surface area contributed by atoms with Crippen molar-refractivity contribution in [2.45, 2.75) is 77.6 Å². The lowest BCUT2D eigenvalue weighted by molar-refractivity contribution is 0.152. The van der Waals surface area contributed by atoms with E-state index in [-0.39, 0.29) is 40.4 Å². The number of hydrogen-bond acceptors (Lipinski definition) is 10. The third kappa shape index (κ3) is 12.0. The van der Waals surface area contributed by atoms with Crippen LogP contribution >= 0.6 is 23.2 Å². The minimum atomic E-state index is -0.0182. The highest BCUT2D eigenvalue weighted by molar-refractivity contribution is 6.28. The SMILES string of the molecule is CCCCCCCCCCCCC(COc1nc(N)nc(Cl)n1)COc1nc(N)nc(Cl)n1. The summed E-state index contributed by atoms with van der Waals surface area (Å²) in [5, 5.41) is -0.0365. The predicted octanol–water partition coefficient (Wildman–Crippen LogP) is 4.91. The summed E-state index contributed by atoms with van der Waals surface area (Å²) >= 11 is 11.6.